The molecule has 16 heteroatoms. The highest BCUT2D eigenvalue weighted by Gasteiger charge is 2.48. The molecule has 0 radical (unpaired) electrons. The summed E-state index contributed by atoms with van der Waals surface area (Å²) in [6.07, 6.45) is 0.434. The highest BCUT2D eigenvalue weighted by molar-refractivity contribution is 5.90. The largest absolute Gasteiger partial charge is 0.480 e. The number of carbonyl (C=O) groups excluding carboxylic acids is 3. The van der Waals surface area contributed by atoms with E-state index >= 15 is 0 Å². The lowest BCUT2D eigenvalue weighted by Crippen LogP contribution is -2.47. The molecule has 0 saturated carbocycles. The maximum Gasteiger partial charge on any atom is 0.343 e. The normalized spacial score (nSPS) is 16.3. The maximum absolute atomic E-state index is 14.0. The number of ether oxygens (including phenoxy) is 7. The van der Waals surface area contributed by atoms with Crippen LogP contribution in [0.25, 0.3) is 22.3 Å². The number of hydrogen-bond donors (Lipinski definition) is 2. The molecule has 298 valence electrons. The molecule has 5 rings (SSSR count). The lowest BCUT2D eigenvalue weighted by Gasteiger charge is -2.36. The van der Waals surface area contributed by atoms with Gasteiger partial charge < -0.3 is 48.1 Å². The van der Waals surface area contributed by atoms with Gasteiger partial charge in [-0.1, -0.05) is 25.5 Å². The number of cyclic esters (lactones) is 1. The second kappa shape index (κ2) is 19.3. The number of ketones is 1. The van der Waals surface area contributed by atoms with E-state index in [1.165, 1.54) is 0 Å². The summed E-state index contributed by atoms with van der Waals surface area (Å²) in [7, 11) is 0. The molecule has 3 aromatic rings. The Morgan fingerprint density at radius 1 is 0.964 bits per heavy atom. The number of rotatable bonds is 23. The van der Waals surface area contributed by atoms with Crippen LogP contribution in [0.3, 0.4) is 0 Å². The molecule has 1 unspecified atom stereocenters. The van der Waals surface area contributed by atoms with Crippen molar-refractivity contribution in [1.29, 1.82) is 0 Å². The fourth-order valence-corrected chi connectivity index (χ4v) is 6.73. The van der Waals surface area contributed by atoms with Crippen LogP contribution in [0.2, 0.25) is 0 Å². The van der Waals surface area contributed by atoms with E-state index in [2.05, 4.69) is 18.3 Å². The number of carbonyl (C=O) groups is 4. The highest BCUT2D eigenvalue weighted by atomic mass is 16.6. The molecule has 0 saturated heterocycles. The van der Waals surface area contributed by atoms with Gasteiger partial charge >= 0.3 is 11.9 Å². The monoisotopic (exact) mass is 767 g/mol. The zero-order valence-corrected chi connectivity index (χ0v) is 31.7. The van der Waals surface area contributed by atoms with Gasteiger partial charge in [0.05, 0.1) is 75.2 Å². The van der Waals surface area contributed by atoms with Gasteiger partial charge in [0, 0.05) is 23.1 Å². The summed E-state index contributed by atoms with van der Waals surface area (Å²) in [4.78, 5) is 68.2. The van der Waals surface area contributed by atoms with Crippen molar-refractivity contribution in [3.05, 3.63) is 62.4 Å². The maximum atomic E-state index is 14.0. The first kappa shape index (κ1) is 41.6. The van der Waals surface area contributed by atoms with Crippen molar-refractivity contribution < 1.29 is 57.4 Å². The Hall–Kier alpha value is -4.58. The number of carboxylic acid groups (broad SMARTS) is 1. The number of amides is 1. The van der Waals surface area contributed by atoms with Crippen molar-refractivity contribution in [1.82, 2.24) is 14.9 Å². The predicted molar refractivity (Wildman–Crippen MR) is 197 cm³/mol. The van der Waals surface area contributed by atoms with Gasteiger partial charge in [-0.25, -0.2) is 14.6 Å². The van der Waals surface area contributed by atoms with Crippen LogP contribution in [-0.2, 0) is 77.5 Å². The SMILES string of the molecule is CCOCC(COCCOCC(=O)NCC(=O)CO[C@]1(CC)C(=O)OCc2c1cc1n(c2=O)Cc2c-1nc1ccc(C)cc1c2CC)OCCOCC(=O)O. The number of pyridine rings is 2. The standard InChI is InChI=1S/C39H49N3O13/c1-5-27-28-14-24(4)8-9-32(28)41-36-29(27)17-42-33(36)15-31-30(37(42)47)21-54-38(48)39(31,6-2)55-18-25(43)16-40-34(44)22-51-11-10-50-20-26(19-49-7-3)53-13-12-52-23-35(45)46/h8-9,14-15,26H,5-7,10-13,16-23H2,1-4H3,(H,40,44)(H,45,46)/t26?,39-/m0/s1. The quantitative estimate of drug-likeness (QED) is 0.0822. The first-order valence-electron chi connectivity index (χ1n) is 18.5. The number of fused-ring (bicyclic) bond motifs is 5. The molecule has 1 aromatic carbocycles. The molecule has 0 spiro atoms. The number of benzene rings is 1. The molecule has 55 heavy (non-hydrogen) atoms. The van der Waals surface area contributed by atoms with Gasteiger partial charge in [-0.15, -0.1) is 0 Å². The molecule has 0 fully saturated rings. The smallest absolute Gasteiger partial charge is 0.343 e. The van der Waals surface area contributed by atoms with Crippen LogP contribution in [0.5, 0.6) is 0 Å². The van der Waals surface area contributed by atoms with E-state index in [9.17, 15) is 24.0 Å². The Morgan fingerprint density at radius 2 is 1.71 bits per heavy atom. The summed E-state index contributed by atoms with van der Waals surface area (Å²) in [5.41, 5.74) is 3.91. The van der Waals surface area contributed by atoms with Crippen molar-refractivity contribution in [3.8, 4) is 11.4 Å². The topological polar surface area (TPSA) is 200 Å². The molecule has 2 aliphatic heterocycles. The third-order valence-corrected chi connectivity index (χ3v) is 9.47. The highest BCUT2D eigenvalue weighted by Crippen LogP contribution is 2.42. The molecule has 2 atom stereocenters. The zero-order chi connectivity index (χ0) is 39.5. The van der Waals surface area contributed by atoms with Crippen LogP contribution in [0, 0.1) is 6.92 Å². The third-order valence-electron chi connectivity index (χ3n) is 9.47. The second-order valence-electron chi connectivity index (χ2n) is 13.2. The molecule has 0 bridgehead atoms. The minimum Gasteiger partial charge on any atom is -0.480 e. The molecule has 2 N–H and O–H groups in total. The summed E-state index contributed by atoms with van der Waals surface area (Å²) in [6.45, 7) is 7.62. The average Bonchev–Trinajstić information content (AvgIpc) is 3.54. The molecule has 2 aromatic heterocycles. The molecular weight excluding hydrogens is 718 g/mol. The minimum atomic E-state index is -1.71. The molecule has 2 aliphatic rings. The Bertz CT molecular complexity index is 1940. The van der Waals surface area contributed by atoms with E-state index in [1.54, 1.807) is 17.6 Å². The summed E-state index contributed by atoms with van der Waals surface area (Å²) in [5, 5.41) is 12.2. The van der Waals surface area contributed by atoms with E-state index in [4.69, 9.17) is 43.2 Å². The Balaban J connectivity index is 1.13. The third kappa shape index (κ3) is 9.81. The van der Waals surface area contributed by atoms with Gasteiger partial charge in [0.15, 0.2) is 11.4 Å². The predicted octanol–water partition coefficient (Wildman–Crippen LogP) is 2.22. The molecule has 4 heterocycles. The first-order valence-corrected chi connectivity index (χ1v) is 18.5. The van der Waals surface area contributed by atoms with Crippen molar-refractivity contribution in [2.45, 2.75) is 65.4 Å². The van der Waals surface area contributed by atoms with Crippen LogP contribution in [0.1, 0.15) is 55.0 Å². The lowest BCUT2D eigenvalue weighted by atomic mass is 9.85. The van der Waals surface area contributed by atoms with Gasteiger partial charge in [0.25, 0.3) is 5.56 Å². The number of hydrogen-bond acceptors (Lipinski definition) is 13. The van der Waals surface area contributed by atoms with Crippen molar-refractivity contribution in [3.63, 3.8) is 0 Å². The molecular formula is C39H49N3O13. The summed E-state index contributed by atoms with van der Waals surface area (Å²) >= 11 is 0. The van der Waals surface area contributed by atoms with E-state index < -0.39 is 48.5 Å². The average molecular weight is 768 g/mol. The van der Waals surface area contributed by atoms with Gasteiger partial charge in [-0.3, -0.25) is 14.4 Å². The van der Waals surface area contributed by atoms with Crippen LogP contribution in [0.4, 0.5) is 0 Å². The van der Waals surface area contributed by atoms with Crippen LogP contribution in [0.15, 0.2) is 29.1 Å². The van der Waals surface area contributed by atoms with Crippen LogP contribution >= 0.6 is 0 Å². The number of Topliss-reactive ketones (excluding diaryl/α,β-unsaturated/α-hetero) is 1. The molecule has 1 amide bonds. The fraction of sp³-hybridized carbons (Fsp3) is 0.538. The fourth-order valence-electron chi connectivity index (χ4n) is 6.73. The van der Waals surface area contributed by atoms with Crippen LogP contribution in [-0.4, -0.2) is 117 Å². The minimum absolute atomic E-state index is 0.0907. The van der Waals surface area contributed by atoms with Gasteiger partial charge in [-0.05, 0) is 50.5 Å². The molecule has 16 nitrogen and oxygen atoms in total. The summed E-state index contributed by atoms with van der Waals surface area (Å²) < 4.78 is 40.1. The number of nitrogens with one attached hydrogen (secondary N) is 1. The Labute approximate surface area is 318 Å². The van der Waals surface area contributed by atoms with E-state index in [1.807, 2.05) is 26.0 Å². The first-order chi connectivity index (χ1) is 26.5. The summed E-state index contributed by atoms with van der Waals surface area (Å²) in [5.74, 6) is -2.81. The lowest BCUT2D eigenvalue weighted by molar-refractivity contribution is -0.181. The number of aromatic nitrogens is 2. The zero-order valence-electron chi connectivity index (χ0n) is 31.7. The number of aryl methyl sites for hydroxylation is 2. The Morgan fingerprint density at radius 3 is 2.45 bits per heavy atom. The van der Waals surface area contributed by atoms with Crippen LogP contribution < -0.4 is 10.9 Å². The Kier molecular flexibility index (Phi) is 14.6. The number of nitrogens with zero attached hydrogens (tertiary/aromatic N) is 2. The number of aliphatic carboxylic acids is 1. The van der Waals surface area contributed by atoms with E-state index in [0.29, 0.717) is 35.7 Å². The van der Waals surface area contributed by atoms with E-state index in [-0.39, 0.29) is 71.4 Å². The second-order valence-corrected chi connectivity index (χ2v) is 13.2. The van der Waals surface area contributed by atoms with Gasteiger partial charge in [0.2, 0.25) is 5.91 Å². The van der Waals surface area contributed by atoms with Gasteiger partial charge in [0.1, 0.15) is 32.5 Å². The van der Waals surface area contributed by atoms with E-state index in [0.717, 1.165) is 34.0 Å². The van der Waals surface area contributed by atoms with Crippen molar-refractivity contribution in [2.24, 2.45) is 0 Å². The van der Waals surface area contributed by atoms with Crippen molar-refractivity contribution in [2.75, 3.05) is 72.6 Å². The van der Waals surface area contributed by atoms with Crippen molar-refractivity contribution >= 4 is 34.5 Å². The van der Waals surface area contributed by atoms with Gasteiger partial charge in [-0.2, -0.15) is 0 Å². The summed E-state index contributed by atoms with van der Waals surface area (Å²) in [6, 6.07) is 7.85. The number of esters is 1. The number of carboxylic acids is 1. The molecule has 0 aliphatic carbocycles.